The van der Waals surface area contributed by atoms with Crippen LogP contribution in [0, 0.1) is 0 Å². The molecule has 2 amide bonds. The Labute approximate surface area is 169 Å². The van der Waals surface area contributed by atoms with E-state index >= 15 is 0 Å². The van der Waals surface area contributed by atoms with Crippen molar-refractivity contribution in [3.8, 4) is 0 Å². The summed E-state index contributed by atoms with van der Waals surface area (Å²) < 4.78 is 0. The highest BCUT2D eigenvalue weighted by Gasteiger charge is 2.41. The van der Waals surface area contributed by atoms with E-state index in [-0.39, 0.29) is 0 Å². The number of amides is 2. The molecule has 1 aliphatic heterocycles. The fourth-order valence-electron chi connectivity index (χ4n) is 3.32. The fraction of sp³-hybridized carbons (Fsp3) is 0.0909. The Morgan fingerprint density at radius 2 is 1.45 bits per heavy atom. The summed E-state index contributed by atoms with van der Waals surface area (Å²) in [6, 6.07) is 28.1. The summed E-state index contributed by atoms with van der Waals surface area (Å²) >= 11 is 0. The van der Waals surface area contributed by atoms with Gasteiger partial charge in [0.2, 0.25) is 0 Å². The number of anilines is 1. The Bertz CT molecular complexity index is 995. The highest BCUT2D eigenvalue weighted by Crippen LogP contribution is 2.36. The molecule has 0 saturated carbocycles. The first-order valence-electron chi connectivity index (χ1n) is 9.17. The molecular formula is C22H21N5O2. The van der Waals surface area contributed by atoms with Gasteiger partial charge in [-0.2, -0.15) is 10.1 Å². The van der Waals surface area contributed by atoms with E-state index in [1.54, 1.807) is 0 Å². The molecule has 146 valence electrons. The van der Waals surface area contributed by atoms with Gasteiger partial charge in [-0.1, -0.05) is 84.0 Å². The summed E-state index contributed by atoms with van der Waals surface area (Å²) in [6.45, 7) is 0. The predicted octanol–water partition coefficient (Wildman–Crippen LogP) is 3.73. The molecule has 0 radical (unpaired) electrons. The summed E-state index contributed by atoms with van der Waals surface area (Å²) in [5.41, 5.74) is 8.23. The van der Waals surface area contributed by atoms with Crippen LogP contribution in [0.25, 0.3) is 0 Å². The van der Waals surface area contributed by atoms with E-state index in [1.165, 1.54) is 17.3 Å². The van der Waals surface area contributed by atoms with Crippen molar-refractivity contribution >= 4 is 17.6 Å². The predicted molar refractivity (Wildman–Crippen MR) is 111 cm³/mol. The number of hydroxylamine groups is 1. The molecule has 29 heavy (non-hydrogen) atoms. The Kier molecular flexibility index (Phi) is 5.24. The first kappa shape index (κ1) is 18.7. The van der Waals surface area contributed by atoms with Crippen molar-refractivity contribution in [1.82, 2.24) is 10.2 Å². The van der Waals surface area contributed by atoms with Crippen LogP contribution >= 0.6 is 0 Å². The summed E-state index contributed by atoms with van der Waals surface area (Å²) in [7, 11) is 1.50. The number of primary amides is 1. The van der Waals surface area contributed by atoms with E-state index in [2.05, 4.69) is 0 Å². The second-order valence-electron chi connectivity index (χ2n) is 6.39. The van der Waals surface area contributed by atoms with Crippen LogP contribution in [-0.4, -0.2) is 29.2 Å². The maximum Gasteiger partial charge on any atom is 0.337 e. The second-order valence-corrected chi connectivity index (χ2v) is 6.39. The molecule has 1 unspecified atom stereocenters. The third-order valence-electron chi connectivity index (χ3n) is 4.59. The number of urea groups is 1. The van der Waals surface area contributed by atoms with Crippen LogP contribution in [0.15, 0.2) is 96.1 Å². The Balaban J connectivity index is 1.95. The normalized spacial score (nSPS) is 17.1. The number of nitrogens with zero attached hydrogens (tertiary/aromatic N) is 4. The van der Waals surface area contributed by atoms with E-state index < -0.39 is 12.2 Å². The minimum absolute atomic E-state index is 0.371. The summed E-state index contributed by atoms with van der Waals surface area (Å²) in [5.74, 6) is 0.371. The van der Waals surface area contributed by atoms with E-state index in [4.69, 9.17) is 15.7 Å². The van der Waals surface area contributed by atoms with Crippen LogP contribution in [0.2, 0.25) is 0 Å². The standard InChI is InChI=1S/C22H21N5O2/c1-29-27-21(18-13-7-3-8-14-18)25(19-15-9-4-10-16-19)24-20(26(27)22(23)28)17-11-5-2-6-12-17/h2-16,21H,1H3,(H2,23,28). The van der Waals surface area contributed by atoms with Crippen LogP contribution in [0.4, 0.5) is 10.5 Å². The summed E-state index contributed by atoms with van der Waals surface area (Å²) in [6.07, 6.45) is -0.538. The number of hydrazone groups is 1. The molecule has 0 fully saturated rings. The molecule has 0 aromatic heterocycles. The second kappa shape index (κ2) is 8.14. The summed E-state index contributed by atoms with van der Waals surface area (Å²) in [5, 5.41) is 9.36. The van der Waals surface area contributed by atoms with Gasteiger partial charge in [0.25, 0.3) is 0 Å². The SMILES string of the molecule is CON1C(c2ccccc2)N(c2ccccc2)N=C(c2ccccc2)N1C(N)=O. The zero-order valence-corrected chi connectivity index (χ0v) is 15.9. The Morgan fingerprint density at radius 3 is 2.00 bits per heavy atom. The van der Waals surface area contributed by atoms with Crippen molar-refractivity contribution in [1.29, 1.82) is 0 Å². The van der Waals surface area contributed by atoms with Gasteiger partial charge in [-0.05, 0) is 17.7 Å². The average molecular weight is 387 g/mol. The zero-order valence-electron chi connectivity index (χ0n) is 15.9. The lowest BCUT2D eigenvalue weighted by molar-refractivity contribution is -0.251. The number of carbonyl (C=O) groups excluding carboxylic acids is 1. The van der Waals surface area contributed by atoms with Crippen LogP contribution in [0.3, 0.4) is 0 Å². The van der Waals surface area contributed by atoms with E-state index in [0.717, 1.165) is 16.8 Å². The number of rotatable bonds is 4. The molecule has 0 bridgehead atoms. The largest absolute Gasteiger partial charge is 0.350 e. The van der Waals surface area contributed by atoms with Gasteiger partial charge in [-0.25, -0.2) is 9.80 Å². The third-order valence-corrected chi connectivity index (χ3v) is 4.59. The van der Waals surface area contributed by atoms with Gasteiger partial charge in [0.05, 0.1) is 12.8 Å². The number of hydrogen-bond donors (Lipinski definition) is 1. The third kappa shape index (κ3) is 3.56. The van der Waals surface area contributed by atoms with Gasteiger partial charge in [0.15, 0.2) is 12.0 Å². The molecule has 7 nitrogen and oxygen atoms in total. The number of para-hydroxylation sites is 1. The average Bonchev–Trinajstić information content (AvgIpc) is 2.79. The lowest BCUT2D eigenvalue weighted by Crippen LogP contribution is -2.60. The molecule has 1 atom stereocenters. The molecule has 4 rings (SSSR count). The van der Waals surface area contributed by atoms with E-state index in [1.807, 2.05) is 96.0 Å². The first-order valence-corrected chi connectivity index (χ1v) is 9.17. The maximum absolute atomic E-state index is 12.5. The fourth-order valence-corrected chi connectivity index (χ4v) is 3.32. The van der Waals surface area contributed by atoms with Crippen molar-refractivity contribution in [2.75, 3.05) is 12.1 Å². The number of hydrogen-bond acceptors (Lipinski definition) is 5. The minimum Gasteiger partial charge on any atom is -0.350 e. The molecule has 0 aliphatic carbocycles. The number of hydrazine groups is 1. The van der Waals surface area contributed by atoms with Crippen LogP contribution in [-0.2, 0) is 4.84 Å². The maximum atomic E-state index is 12.5. The van der Waals surface area contributed by atoms with Crippen LogP contribution in [0.5, 0.6) is 0 Å². The van der Waals surface area contributed by atoms with Crippen molar-refractivity contribution in [3.63, 3.8) is 0 Å². The number of amidine groups is 1. The van der Waals surface area contributed by atoms with Gasteiger partial charge in [0.1, 0.15) is 0 Å². The van der Waals surface area contributed by atoms with Gasteiger partial charge in [-0.3, -0.25) is 4.84 Å². The van der Waals surface area contributed by atoms with Gasteiger partial charge in [0, 0.05) is 5.56 Å². The topological polar surface area (TPSA) is 74.4 Å². The number of nitrogens with two attached hydrogens (primary N) is 1. The monoisotopic (exact) mass is 387 g/mol. The molecule has 2 N–H and O–H groups in total. The summed E-state index contributed by atoms with van der Waals surface area (Å²) in [4.78, 5) is 18.1. The molecule has 1 aliphatic rings. The van der Waals surface area contributed by atoms with Crippen LogP contribution < -0.4 is 10.7 Å². The minimum atomic E-state index is -0.692. The molecule has 3 aromatic rings. The highest BCUT2D eigenvalue weighted by molar-refractivity contribution is 6.07. The molecular weight excluding hydrogens is 366 g/mol. The van der Waals surface area contributed by atoms with Gasteiger partial charge < -0.3 is 5.73 Å². The lowest BCUT2D eigenvalue weighted by atomic mass is 10.1. The smallest absolute Gasteiger partial charge is 0.337 e. The molecule has 3 aromatic carbocycles. The number of benzene rings is 3. The quantitative estimate of drug-likeness (QED) is 0.740. The molecule has 0 saturated heterocycles. The van der Waals surface area contributed by atoms with Crippen molar-refractivity contribution in [2.45, 2.75) is 6.17 Å². The Hall–Kier alpha value is -3.68. The van der Waals surface area contributed by atoms with Gasteiger partial charge in [-0.15, -0.1) is 0 Å². The molecule has 7 heteroatoms. The highest BCUT2D eigenvalue weighted by atomic mass is 16.7. The zero-order chi connectivity index (χ0) is 20.2. The van der Waals surface area contributed by atoms with Crippen molar-refractivity contribution in [2.24, 2.45) is 10.8 Å². The number of carbonyl (C=O) groups is 1. The van der Waals surface area contributed by atoms with Crippen molar-refractivity contribution < 1.29 is 9.63 Å². The lowest BCUT2D eigenvalue weighted by Gasteiger charge is -2.45. The Morgan fingerprint density at radius 1 is 0.897 bits per heavy atom. The first-order chi connectivity index (χ1) is 14.2. The van der Waals surface area contributed by atoms with E-state index in [0.29, 0.717) is 5.84 Å². The molecule has 1 heterocycles. The van der Waals surface area contributed by atoms with Gasteiger partial charge >= 0.3 is 6.03 Å². The molecule has 0 spiro atoms. The van der Waals surface area contributed by atoms with Crippen molar-refractivity contribution in [3.05, 3.63) is 102 Å². The van der Waals surface area contributed by atoms with E-state index in [9.17, 15) is 4.79 Å². The van der Waals surface area contributed by atoms with Crippen LogP contribution in [0.1, 0.15) is 17.3 Å².